The minimum Gasteiger partial charge on any atom is -0.492 e. The second-order valence-corrected chi connectivity index (χ2v) is 8.41. The van der Waals surface area contributed by atoms with Gasteiger partial charge in [-0.3, -0.25) is 9.48 Å². The van der Waals surface area contributed by atoms with Crippen molar-refractivity contribution in [1.82, 2.24) is 14.8 Å². The maximum Gasteiger partial charge on any atom is 0.269 e. The van der Waals surface area contributed by atoms with Crippen LogP contribution in [0.1, 0.15) is 30.9 Å². The van der Waals surface area contributed by atoms with E-state index in [2.05, 4.69) is 16.8 Å². The van der Waals surface area contributed by atoms with E-state index in [-0.39, 0.29) is 5.91 Å². The zero-order chi connectivity index (χ0) is 24.2. The number of hydrogen-bond acceptors (Lipinski definition) is 4. The molecule has 9 heteroatoms. The van der Waals surface area contributed by atoms with Crippen LogP contribution in [0.15, 0.2) is 66.0 Å². The molecule has 1 atom stereocenters. The smallest absolute Gasteiger partial charge is 0.269 e. The van der Waals surface area contributed by atoms with Crippen LogP contribution in [0.3, 0.4) is 0 Å². The molecule has 1 amide bonds. The molecule has 1 aromatic heterocycles. The normalized spacial score (nSPS) is 15.1. The molecule has 6 nitrogen and oxygen atoms in total. The predicted octanol–water partition coefficient (Wildman–Crippen LogP) is 5.69. The molecule has 2 aromatic carbocycles. The zero-order valence-electron chi connectivity index (χ0n) is 18.5. The summed E-state index contributed by atoms with van der Waals surface area (Å²) in [5.41, 5.74) is 2.57. The lowest BCUT2D eigenvalue weighted by atomic mass is 10.0. The van der Waals surface area contributed by atoms with E-state index >= 15 is 0 Å². The quantitative estimate of drug-likeness (QED) is 0.304. The second kappa shape index (κ2) is 10.2. The van der Waals surface area contributed by atoms with Crippen molar-refractivity contribution in [3.8, 4) is 16.9 Å². The Balaban J connectivity index is 1.30. The van der Waals surface area contributed by atoms with E-state index in [1.165, 1.54) is 17.1 Å². The standard InChI is InChI=1S/C25H23ClF2N4O2/c1-16(25(33)32-23(7-8-29-32)18-10-20(27)13-21(28)11-18)4-3-9-34-24-6-5-17(12-22(24)26)19-14-30-31(2)15-19/h5-6,8,10-15,23H,1,3-4,7,9H2,2H3. The highest BCUT2D eigenvalue weighted by atomic mass is 35.5. The summed E-state index contributed by atoms with van der Waals surface area (Å²) in [7, 11) is 1.85. The van der Waals surface area contributed by atoms with Crippen LogP contribution in [-0.2, 0) is 11.8 Å². The summed E-state index contributed by atoms with van der Waals surface area (Å²) in [4.78, 5) is 12.8. The van der Waals surface area contributed by atoms with Crippen LogP contribution in [-0.4, -0.2) is 33.5 Å². The Morgan fingerprint density at radius 1 is 1.21 bits per heavy atom. The molecule has 0 radical (unpaired) electrons. The third-order valence-corrected chi connectivity index (χ3v) is 5.76. The molecular weight excluding hydrogens is 462 g/mol. The van der Waals surface area contributed by atoms with Crippen molar-refractivity contribution >= 4 is 23.7 Å². The molecule has 4 rings (SSSR count). The molecule has 3 aromatic rings. The molecule has 0 N–H and O–H groups in total. The number of carbonyl (C=O) groups is 1. The number of nitrogens with zero attached hydrogens (tertiary/aromatic N) is 4. The first-order valence-electron chi connectivity index (χ1n) is 10.7. The third-order valence-electron chi connectivity index (χ3n) is 5.46. The monoisotopic (exact) mass is 484 g/mol. The lowest BCUT2D eigenvalue weighted by Crippen LogP contribution is -2.28. The highest BCUT2D eigenvalue weighted by molar-refractivity contribution is 6.32. The lowest BCUT2D eigenvalue weighted by Gasteiger charge is -2.23. The van der Waals surface area contributed by atoms with E-state index in [9.17, 15) is 13.6 Å². The third kappa shape index (κ3) is 5.34. The number of ether oxygens (including phenoxy) is 1. The number of amides is 1. The Morgan fingerprint density at radius 2 is 1.97 bits per heavy atom. The maximum atomic E-state index is 13.6. The van der Waals surface area contributed by atoms with Crippen molar-refractivity contribution in [3.05, 3.63) is 83.2 Å². The van der Waals surface area contributed by atoms with Crippen LogP contribution in [0.25, 0.3) is 11.1 Å². The van der Waals surface area contributed by atoms with Gasteiger partial charge in [-0.2, -0.15) is 10.2 Å². The van der Waals surface area contributed by atoms with Gasteiger partial charge in [0.25, 0.3) is 5.91 Å². The van der Waals surface area contributed by atoms with Crippen molar-refractivity contribution < 1.29 is 18.3 Å². The Hall–Kier alpha value is -3.52. The molecule has 176 valence electrons. The molecule has 1 aliphatic heterocycles. The number of carbonyl (C=O) groups excluding carboxylic acids is 1. The van der Waals surface area contributed by atoms with Gasteiger partial charge in [0.05, 0.1) is 23.9 Å². The van der Waals surface area contributed by atoms with Gasteiger partial charge in [0.1, 0.15) is 17.4 Å². The zero-order valence-corrected chi connectivity index (χ0v) is 19.3. The number of hydrogen-bond donors (Lipinski definition) is 0. The summed E-state index contributed by atoms with van der Waals surface area (Å²) in [5, 5.41) is 9.96. The summed E-state index contributed by atoms with van der Waals surface area (Å²) in [6.07, 6.45) is 6.49. The number of aryl methyl sites for hydroxylation is 1. The molecule has 0 bridgehead atoms. The van der Waals surface area contributed by atoms with Crippen LogP contribution in [0.4, 0.5) is 8.78 Å². The predicted molar refractivity (Wildman–Crippen MR) is 127 cm³/mol. The van der Waals surface area contributed by atoms with E-state index in [0.717, 1.165) is 17.2 Å². The number of benzene rings is 2. The Kier molecular flexibility index (Phi) is 7.07. The van der Waals surface area contributed by atoms with Crippen molar-refractivity contribution in [2.45, 2.75) is 25.3 Å². The van der Waals surface area contributed by atoms with Gasteiger partial charge in [-0.25, -0.2) is 13.8 Å². The average molecular weight is 485 g/mol. The SMILES string of the molecule is C=C(CCCOc1ccc(-c2cnn(C)c2)cc1Cl)C(=O)N1N=CCC1c1cc(F)cc(F)c1. The summed E-state index contributed by atoms with van der Waals surface area (Å²) in [6, 6.07) is 8.17. The summed E-state index contributed by atoms with van der Waals surface area (Å²) in [5.74, 6) is -1.24. The first kappa shape index (κ1) is 23.6. The van der Waals surface area contributed by atoms with Crippen LogP contribution >= 0.6 is 11.6 Å². The summed E-state index contributed by atoms with van der Waals surface area (Å²) >= 11 is 6.36. The second-order valence-electron chi connectivity index (χ2n) is 8.01. The Morgan fingerprint density at radius 3 is 2.65 bits per heavy atom. The topological polar surface area (TPSA) is 59.7 Å². The van der Waals surface area contributed by atoms with E-state index in [0.29, 0.717) is 47.8 Å². The van der Waals surface area contributed by atoms with Crippen LogP contribution < -0.4 is 4.74 Å². The molecule has 1 aliphatic rings. The number of aromatic nitrogens is 2. The molecule has 0 fully saturated rings. The fourth-order valence-corrected chi connectivity index (χ4v) is 3.99. The summed E-state index contributed by atoms with van der Waals surface area (Å²) in [6.45, 7) is 4.20. The van der Waals surface area contributed by atoms with Gasteiger partial charge in [-0.15, -0.1) is 0 Å². The van der Waals surface area contributed by atoms with Gasteiger partial charge in [0, 0.05) is 43.1 Å². The van der Waals surface area contributed by atoms with Crippen LogP contribution in [0.2, 0.25) is 5.02 Å². The van der Waals surface area contributed by atoms with Crippen molar-refractivity contribution in [1.29, 1.82) is 0 Å². The molecule has 2 heterocycles. The molecule has 0 aliphatic carbocycles. The Labute approximate surface area is 201 Å². The molecule has 1 unspecified atom stereocenters. The van der Waals surface area contributed by atoms with Crippen LogP contribution in [0.5, 0.6) is 5.75 Å². The molecule has 0 saturated carbocycles. The number of hydrazone groups is 1. The van der Waals surface area contributed by atoms with Crippen molar-refractivity contribution in [2.75, 3.05) is 6.61 Å². The van der Waals surface area contributed by atoms with Gasteiger partial charge in [-0.05, 0) is 48.2 Å². The van der Waals surface area contributed by atoms with Gasteiger partial charge in [0.2, 0.25) is 0 Å². The average Bonchev–Trinajstić information content (AvgIpc) is 3.45. The first-order valence-corrected chi connectivity index (χ1v) is 11.1. The van der Waals surface area contributed by atoms with Crippen LogP contribution in [0, 0.1) is 11.6 Å². The Bertz CT molecular complexity index is 1240. The minimum absolute atomic E-state index is 0.333. The molecule has 0 saturated heterocycles. The first-order chi connectivity index (χ1) is 16.3. The molecule has 0 spiro atoms. The van der Waals surface area contributed by atoms with Gasteiger partial charge in [-0.1, -0.05) is 24.2 Å². The van der Waals surface area contributed by atoms with Gasteiger partial charge < -0.3 is 4.74 Å². The highest BCUT2D eigenvalue weighted by Gasteiger charge is 2.30. The van der Waals surface area contributed by atoms with E-state index in [1.54, 1.807) is 23.2 Å². The fraction of sp³-hybridized carbons (Fsp3) is 0.240. The number of rotatable bonds is 8. The maximum absolute atomic E-state index is 13.6. The van der Waals surface area contributed by atoms with Gasteiger partial charge in [0.15, 0.2) is 0 Å². The van der Waals surface area contributed by atoms with E-state index < -0.39 is 17.7 Å². The molecule has 34 heavy (non-hydrogen) atoms. The lowest BCUT2D eigenvalue weighted by molar-refractivity contribution is -0.129. The molecular formula is C25H23ClF2N4O2. The fourth-order valence-electron chi connectivity index (χ4n) is 3.76. The van der Waals surface area contributed by atoms with Crippen molar-refractivity contribution in [2.24, 2.45) is 12.1 Å². The number of halogens is 3. The largest absolute Gasteiger partial charge is 0.492 e. The van der Waals surface area contributed by atoms with Gasteiger partial charge >= 0.3 is 0 Å². The van der Waals surface area contributed by atoms with Crippen molar-refractivity contribution in [3.63, 3.8) is 0 Å². The van der Waals surface area contributed by atoms with E-state index in [1.807, 2.05) is 25.4 Å². The van der Waals surface area contributed by atoms with E-state index in [4.69, 9.17) is 16.3 Å². The minimum atomic E-state index is -0.697. The summed E-state index contributed by atoms with van der Waals surface area (Å²) < 4.78 is 34.7. The highest BCUT2D eigenvalue weighted by Crippen LogP contribution is 2.32.